The van der Waals surface area contributed by atoms with Gasteiger partial charge >= 0.3 is 0 Å². The Morgan fingerprint density at radius 3 is 2.05 bits per heavy atom. The second-order valence-electron chi connectivity index (χ2n) is 21.1. The van der Waals surface area contributed by atoms with Crippen LogP contribution in [-0.2, 0) is 23.7 Å². The highest BCUT2D eigenvalue weighted by molar-refractivity contribution is 5.33. The number of ether oxygens (including phenoxy) is 5. The van der Waals surface area contributed by atoms with Gasteiger partial charge in [-0.25, -0.2) is 0 Å². The van der Waals surface area contributed by atoms with E-state index in [0.29, 0.717) is 25.7 Å². The molecular formula is C41H68O14. The fourth-order valence-corrected chi connectivity index (χ4v) is 14.9. The first-order valence-corrected chi connectivity index (χ1v) is 20.9. The van der Waals surface area contributed by atoms with Crippen molar-refractivity contribution in [2.24, 2.45) is 44.8 Å². The topological polar surface area (TPSA) is 228 Å². The van der Waals surface area contributed by atoms with Crippen LogP contribution in [-0.4, -0.2) is 150 Å². The van der Waals surface area contributed by atoms with Crippen LogP contribution in [0.1, 0.15) is 106 Å². The molecule has 0 amide bonds. The maximum Gasteiger partial charge on any atom is 0.186 e. The van der Waals surface area contributed by atoms with Crippen molar-refractivity contribution >= 4 is 0 Å². The van der Waals surface area contributed by atoms with Crippen molar-refractivity contribution in [2.75, 3.05) is 13.2 Å². The van der Waals surface area contributed by atoms with Gasteiger partial charge in [0.05, 0.1) is 48.8 Å². The van der Waals surface area contributed by atoms with E-state index in [0.717, 1.165) is 32.1 Å². The summed E-state index contributed by atoms with van der Waals surface area (Å²) in [5.41, 5.74) is -3.16. The molecular weight excluding hydrogens is 716 g/mol. The first kappa shape index (κ1) is 41.2. The van der Waals surface area contributed by atoms with E-state index in [1.54, 1.807) is 13.8 Å². The van der Waals surface area contributed by atoms with E-state index in [-0.39, 0.29) is 52.1 Å². The molecule has 0 radical (unpaired) electrons. The Balaban J connectivity index is 1.15. The van der Waals surface area contributed by atoms with Gasteiger partial charge in [-0.15, -0.1) is 0 Å². The molecule has 8 aliphatic rings. The van der Waals surface area contributed by atoms with Crippen LogP contribution in [0, 0.1) is 44.8 Å². The molecule has 0 aromatic carbocycles. The number of fused-ring (bicyclic) bond motifs is 2. The SMILES string of the molecule is CC1(C2[C@@H](O)C[C@@]3(C)C4C[C@H](OC5OC(CO)C(O)C(O)C5O)C5C(C)(C)C(OC6OCC(O)C(O)C6O)CC[C@@]56C[C@@]46CC[C@]23C)CC[C@@H](C(C)(C)O)O1. The first-order chi connectivity index (χ1) is 25.5. The molecule has 14 unspecified atom stereocenters. The standard InChI is InChI=1S/C41H68O14/c1-35(2)24(54-33-29(48)26(45)20(44)17-51-33)9-11-41-18-40(41)13-12-37(5)31(39(7)10-8-25(55-39)36(3,4)50)19(43)15-38(37,6)23(40)14-21(32(35)41)52-34-30(49)28(47)27(46)22(16-42)53-34/h19-34,42-50H,8-18H2,1-7H3/t19-,20?,21-,22?,23?,24?,25-,26?,27?,28?,29?,30?,31?,32?,33?,34?,37+,38-,39?,40-,41+/m0/s1. The zero-order chi connectivity index (χ0) is 40.1. The molecule has 8 fully saturated rings. The second-order valence-corrected chi connectivity index (χ2v) is 21.1. The van der Waals surface area contributed by atoms with Gasteiger partial charge in [0.1, 0.15) is 42.7 Å². The van der Waals surface area contributed by atoms with Gasteiger partial charge in [-0.3, -0.25) is 0 Å². The number of rotatable bonds is 7. The Labute approximate surface area is 324 Å². The summed E-state index contributed by atoms with van der Waals surface area (Å²) in [5.74, 6) is -0.215. The highest BCUT2D eigenvalue weighted by Gasteiger charge is 2.85. The minimum absolute atomic E-state index is 0.0633. The Kier molecular flexibility index (Phi) is 9.90. The van der Waals surface area contributed by atoms with E-state index >= 15 is 0 Å². The van der Waals surface area contributed by atoms with Crippen LogP contribution in [0.5, 0.6) is 0 Å². The summed E-state index contributed by atoms with van der Waals surface area (Å²) in [4.78, 5) is 0. The molecule has 5 aliphatic carbocycles. The van der Waals surface area contributed by atoms with Crippen LogP contribution in [0.4, 0.5) is 0 Å². The second kappa shape index (κ2) is 13.2. The van der Waals surface area contributed by atoms with Crippen molar-refractivity contribution in [1.29, 1.82) is 0 Å². The molecule has 3 heterocycles. The minimum Gasteiger partial charge on any atom is -0.394 e. The largest absolute Gasteiger partial charge is 0.394 e. The number of hydrogen-bond acceptors (Lipinski definition) is 14. The van der Waals surface area contributed by atoms with Gasteiger partial charge in [0.15, 0.2) is 12.6 Å². The van der Waals surface area contributed by atoms with Crippen molar-refractivity contribution < 1.29 is 69.6 Å². The van der Waals surface area contributed by atoms with Crippen molar-refractivity contribution in [3.05, 3.63) is 0 Å². The van der Waals surface area contributed by atoms with Gasteiger partial charge < -0.3 is 69.6 Å². The van der Waals surface area contributed by atoms with E-state index in [1.807, 2.05) is 0 Å². The third kappa shape index (κ3) is 5.70. The third-order valence-corrected chi connectivity index (χ3v) is 17.6. The molecule has 316 valence electrons. The van der Waals surface area contributed by atoms with Crippen LogP contribution < -0.4 is 0 Å². The summed E-state index contributed by atoms with van der Waals surface area (Å²) in [6, 6.07) is 0. The van der Waals surface area contributed by atoms with Crippen LogP contribution in [0.25, 0.3) is 0 Å². The zero-order valence-electron chi connectivity index (χ0n) is 33.6. The van der Waals surface area contributed by atoms with Gasteiger partial charge in [-0.2, -0.15) is 0 Å². The maximum atomic E-state index is 12.2. The molecule has 21 atom stereocenters. The molecule has 8 rings (SSSR count). The van der Waals surface area contributed by atoms with Gasteiger partial charge in [-0.1, -0.05) is 27.7 Å². The zero-order valence-corrected chi connectivity index (χ0v) is 33.6. The lowest BCUT2D eigenvalue weighted by molar-refractivity contribution is -0.339. The molecule has 3 aliphatic heterocycles. The van der Waals surface area contributed by atoms with E-state index in [4.69, 9.17) is 23.7 Å². The molecule has 14 heteroatoms. The normalized spacial score (nSPS) is 58.7. The van der Waals surface area contributed by atoms with Crippen LogP contribution in [0.3, 0.4) is 0 Å². The lowest BCUT2D eigenvalue weighted by Crippen LogP contribution is -2.65. The Morgan fingerprint density at radius 1 is 0.709 bits per heavy atom. The molecule has 0 aromatic rings. The fraction of sp³-hybridized carbons (Fsp3) is 1.00. The molecule has 0 aromatic heterocycles. The molecule has 2 spiro atoms. The quantitative estimate of drug-likeness (QED) is 0.162. The lowest BCUT2D eigenvalue weighted by Gasteiger charge is -2.65. The number of aliphatic hydroxyl groups excluding tert-OH is 8. The average Bonchev–Trinajstić information content (AvgIpc) is 3.47. The van der Waals surface area contributed by atoms with Crippen LogP contribution >= 0.6 is 0 Å². The Morgan fingerprint density at radius 2 is 1.40 bits per heavy atom. The highest BCUT2D eigenvalue weighted by atomic mass is 16.7. The van der Waals surface area contributed by atoms with Crippen molar-refractivity contribution in [1.82, 2.24) is 0 Å². The monoisotopic (exact) mass is 784 g/mol. The summed E-state index contributed by atoms with van der Waals surface area (Å²) in [6.45, 7) is 13.8. The van der Waals surface area contributed by atoms with E-state index in [9.17, 15) is 46.0 Å². The minimum atomic E-state index is -1.60. The van der Waals surface area contributed by atoms with Gasteiger partial charge in [0.2, 0.25) is 0 Å². The fourth-order valence-electron chi connectivity index (χ4n) is 14.9. The Hall–Kier alpha value is -0.560. The van der Waals surface area contributed by atoms with E-state index < -0.39 is 96.8 Å². The van der Waals surface area contributed by atoms with E-state index in [1.165, 1.54) is 0 Å². The number of hydrogen-bond donors (Lipinski definition) is 9. The molecule has 55 heavy (non-hydrogen) atoms. The smallest absolute Gasteiger partial charge is 0.186 e. The molecule has 14 nitrogen and oxygen atoms in total. The summed E-state index contributed by atoms with van der Waals surface area (Å²) in [7, 11) is 0. The molecule has 3 saturated heterocycles. The predicted octanol–water partition coefficient (Wildman–Crippen LogP) is 0.724. The summed E-state index contributed by atoms with van der Waals surface area (Å²) in [6.07, 6.45) is -7.48. The average molecular weight is 785 g/mol. The van der Waals surface area contributed by atoms with E-state index in [2.05, 4.69) is 34.6 Å². The number of aliphatic hydroxyl groups is 9. The maximum absolute atomic E-state index is 12.2. The first-order valence-electron chi connectivity index (χ1n) is 20.9. The van der Waals surface area contributed by atoms with Crippen LogP contribution in [0.2, 0.25) is 0 Å². The highest BCUT2D eigenvalue weighted by Crippen LogP contribution is 2.89. The van der Waals surface area contributed by atoms with Gasteiger partial charge in [0.25, 0.3) is 0 Å². The Bertz CT molecular complexity index is 1460. The van der Waals surface area contributed by atoms with Crippen LogP contribution in [0.15, 0.2) is 0 Å². The van der Waals surface area contributed by atoms with Gasteiger partial charge in [-0.05, 0) is 117 Å². The van der Waals surface area contributed by atoms with Crippen molar-refractivity contribution in [3.63, 3.8) is 0 Å². The van der Waals surface area contributed by atoms with Gasteiger partial charge in [0, 0.05) is 5.92 Å². The van der Waals surface area contributed by atoms with Crippen molar-refractivity contribution in [2.45, 2.75) is 197 Å². The third-order valence-electron chi connectivity index (χ3n) is 17.6. The lowest BCUT2D eigenvalue weighted by atomic mass is 9.41. The molecule has 0 bridgehead atoms. The molecule has 5 saturated carbocycles. The van der Waals surface area contributed by atoms with Crippen molar-refractivity contribution in [3.8, 4) is 0 Å². The summed E-state index contributed by atoms with van der Waals surface area (Å²) >= 11 is 0. The summed E-state index contributed by atoms with van der Waals surface area (Å²) < 4.78 is 31.9. The predicted molar refractivity (Wildman–Crippen MR) is 194 cm³/mol. The summed E-state index contributed by atoms with van der Waals surface area (Å²) in [5, 5.41) is 97.2. The molecule has 9 N–H and O–H groups in total.